The van der Waals surface area contributed by atoms with Crippen LogP contribution in [0.2, 0.25) is 0 Å². The van der Waals surface area contributed by atoms with Crippen LogP contribution in [0, 0.1) is 11.8 Å². The second kappa shape index (κ2) is 7.08. The maximum absolute atomic E-state index is 12.0. The largest absolute Gasteiger partial charge is 0.505 e. The Bertz CT molecular complexity index is 702. The van der Waals surface area contributed by atoms with Crippen molar-refractivity contribution in [3.63, 3.8) is 0 Å². The predicted octanol–water partition coefficient (Wildman–Crippen LogP) is 1.77. The van der Waals surface area contributed by atoms with Gasteiger partial charge in [0.05, 0.1) is 18.4 Å². The van der Waals surface area contributed by atoms with Gasteiger partial charge < -0.3 is 15.5 Å². The van der Waals surface area contributed by atoms with Crippen molar-refractivity contribution in [3.05, 3.63) is 53.9 Å². The van der Waals surface area contributed by atoms with Crippen LogP contribution in [0.25, 0.3) is 0 Å². The number of aromatic hydroxyl groups is 1. The summed E-state index contributed by atoms with van der Waals surface area (Å²) in [6.07, 6.45) is 3.05. The molecule has 21 heavy (non-hydrogen) atoms. The SMILES string of the molecule is O=C(Nc1cccc(C#CCCO)c1)c1ccncc1O. The summed E-state index contributed by atoms with van der Waals surface area (Å²) < 4.78 is 0. The molecule has 5 nitrogen and oxygen atoms in total. The molecule has 0 unspecified atom stereocenters. The van der Waals surface area contributed by atoms with Gasteiger partial charge in [0, 0.05) is 23.9 Å². The number of rotatable bonds is 3. The van der Waals surface area contributed by atoms with Crippen LogP contribution in [0.4, 0.5) is 5.69 Å². The van der Waals surface area contributed by atoms with E-state index in [0.717, 1.165) is 5.56 Å². The van der Waals surface area contributed by atoms with Gasteiger partial charge in [0.25, 0.3) is 5.91 Å². The second-order valence-electron chi connectivity index (χ2n) is 4.20. The number of hydrogen-bond acceptors (Lipinski definition) is 4. The van der Waals surface area contributed by atoms with Gasteiger partial charge in [-0.3, -0.25) is 9.78 Å². The number of aliphatic hydroxyl groups is 1. The molecule has 0 aliphatic heterocycles. The van der Waals surface area contributed by atoms with Gasteiger partial charge in [0.1, 0.15) is 5.75 Å². The third-order valence-electron chi connectivity index (χ3n) is 2.63. The summed E-state index contributed by atoms with van der Waals surface area (Å²) in [6, 6.07) is 8.47. The van der Waals surface area contributed by atoms with E-state index in [0.29, 0.717) is 12.1 Å². The summed E-state index contributed by atoms with van der Waals surface area (Å²) >= 11 is 0. The lowest BCUT2D eigenvalue weighted by Gasteiger charge is -2.06. The molecule has 0 atom stereocenters. The molecule has 3 N–H and O–H groups in total. The van der Waals surface area contributed by atoms with Crippen LogP contribution in [-0.2, 0) is 0 Å². The topological polar surface area (TPSA) is 82.5 Å². The number of hydrogen-bond donors (Lipinski definition) is 3. The number of aliphatic hydroxyl groups excluding tert-OH is 1. The van der Waals surface area contributed by atoms with Crippen LogP contribution >= 0.6 is 0 Å². The Morgan fingerprint density at radius 2 is 2.19 bits per heavy atom. The number of carbonyl (C=O) groups excluding carboxylic acids is 1. The van der Waals surface area contributed by atoms with Crippen LogP contribution in [-0.4, -0.2) is 27.7 Å². The van der Waals surface area contributed by atoms with Crippen molar-refractivity contribution < 1.29 is 15.0 Å². The van der Waals surface area contributed by atoms with Crippen molar-refractivity contribution in [1.82, 2.24) is 4.98 Å². The Morgan fingerprint density at radius 3 is 2.95 bits per heavy atom. The van der Waals surface area contributed by atoms with Gasteiger partial charge in [-0.25, -0.2) is 0 Å². The van der Waals surface area contributed by atoms with E-state index in [2.05, 4.69) is 22.1 Å². The summed E-state index contributed by atoms with van der Waals surface area (Å²) in [7, 11) is 0. The molecular formula is C16H14N2O3. The number of amides is 1. The summed E-state index contributed by atoms with van der Waals surface area (Å²) in [5.41, 5.74) is 1.47. The monoisotopic (exact) mass is 282 g/mol. The standard InChI is InChI=1S/C16H14N2O3/c19-9-2-1-4-12-5-3-6-13(10-12)18-16(21)14-7-8-17-11-15(14)20/h3,5-8,10-11,19-20H,2,9H2,(H,18,21). The number of pyridine rings is 1. The van der Waals surface area contributed by atoms with Gasteiger partial charge >= 0.3 is 0 Å². The van der Waals surface area contributed by atoms with E-state index < -0.39 is 5.91 Å². The van der Waals surface area contributed by atoms with E-state index in [1.807, 2.05) is 6.07 Å². The molecule has 5 heteroatoms. The molecule has 0 saturated carbocycles. The van der Waals surface area contributed by atoms with Crippen molar-refractivity contribution in [3.8, 4) is 17.6 Å². The van der Waals surface area contributed by atoms with Crippen LogP contribution in [0.15, 0.2) is 42.7 Å². The number of anilines is 1. The molecule has 1 heterocycles. The molecule has 0 radical (unpaired) electrons. The molecule has 0 aliphatic rings. The Labute approximate surface area is 122 Å². The van der Waals surface area contributed by atoms with E-state index in [4.69, 9.17) is 5.11 Å². The highest BCUT2D eigenvalue weighted by Gasteiger charge is 2.10. The Kier molecular flexibility index (Phi) is 4.91. The van der Waals surface area contributed by atoms with Crippen molar-refractivity contribution in [2.24, 2.45) is 0 Å². The van der Waals surface area contributed by atoms with Crippen molar-refractivity contribution in [2.75, 3.05) is 11.9 Å². The molecule has 0 fully saturated rings. The fourth-order valence-corrected chi connectivity index (χ4v) is 1.67. The molecular weight excluding hydrogens is 268 g/mol. The smallest absolute Gasteiger partial charge is 0.259 e. The van der Waals surface area contributed by atoms with Crippen LogP contribution in [0.5, 0.6) is 5.75 Å². The fraction of sp³-hybridized carbons (Fsp3) is 0.125. The summed E-state index contributed by atoms with van der Waals surface area (Å²) in [5.74, 6) is 5.11. The first-order valence-electron chi connectivity index (χ1n) is 6.35. The van der Waals surface area contributed by atoms with Crippen LogP contribution in [0.1, 0.15) is 22.3 Å². The Hall–Kier alpha value is -2.84. The number of nitrogens with zero attached hydrogens (tertiary/aromatic N) is 1. The van der Waals surface area contributed by atoms with Gasteiger partial charge in [-0.15, -0.1) is 0 Å². The van der Waals surface area contributed by atoms with E-state index in [9.17, 15) is 9.90 Å². The summed E-state index contributed by atoms with van der Waals surface area (Å²) in [5, 5.41) is 21.0. The zero-order chi connectivity index (χ0) is 15.1. The van der Waals surface area contributed by atoms with Crippen LogP contribution in [0.3, 0.4) is 0 Å². The van der Waals surface area contributed by atoms with Gasteiger partial charge in [-0.1, -0.05) is 17.9 Å². The second-order valence-corrected chi connectivity index (χ2v) is 4.20. The number of nitrogens with one attached hydrogen (secondary N) is 1. The van der Waals surface area contributed by atoms with Crippen molar-refractivity contribution in [1.29, 1.82) is 0 Å². The molecule has 0 spiro atoms. The normalized spacial score (nSPS) is 9.57. The lowest BCUT2D eigenvalue weighted by Crippen LogP contribution is -2.12. The molecule has 106 valence electrons. The molecule has 1 aromatic heterocycles. The highest BCUT2D eigenvalue weighted by molar-refractivity contribution is 6.06. The molecule has 1 amide bonds. The maximum atomic E-state index is 12.0. The van der Waals surface area contributed by atoms with E-state index >= 15 is 0 Å². The maximum Gasteiger partial charge on any atom is 0.259 e. The zero-order valence-corrected chi connectivity index (χ0v) is 11.2. The summed E-state index contributed by atoms with van der Waals surface area (Å²) in [6.45, 7) is 0.0186. The quantitative estimate of drug-likeness (QED) is 0.749. The van der Waals surface area contributed by atoms with E-state index in [1.54, 1.807) is 18.2 Å². The fourth-order valence-electron chi connectivity index (χ4n) is 1.67. The minimum Gasteiger partial charge on any atom is -0.505 e. The Morgan fingerprint density at radius 1 is 1.33 bits per heavy atom. The molecule has 2 aromatic rings. The van der Waals surface area contributed by atoms with E-state index in [-0.39, 0.29) is 17.9 Å². The predicted molar refractivity (Wildman–Crippen MR) is 78.9 cm³/mol. The van der Waals surface area contributed by atoms with Gasteiger partial charge in [-0.05, 0) is 24.3 Å². The number of aromatic nitrogens is 1. The minimum absolute atomic E-state index is 0.0186. The van der Waals surface area contributed by atoms with Gasteiger partial charge in [0.2, 0.25) is 0 Å². The molecule has 1 aromatic carbocycles. The highest BCUT2D eigenvalue weighted by Crippen LogP contribution is 2.17. The summed E-state index contributed by atoms with van der Waals surface area (Å²) in [4.78, 5) is 15.8. The van der Waals surface area contributed by atoms with E-state index in [1.165, 1.54) is 18.5 Å². The molecule has 0 aliphatic carbocycles. The Balaban J connectivity index is 2.14. The molecule has 0 saturated heterocycles. The third kappa shape index (κ3) is 4.06. The highest BCUT2D eigenvalue weighted by atomic mass is 16.3. The van der Waals surface area contributed by atoms with Gasteiger partial charge in [-0.2, -0.15) is 0 Å². The third-order valence-corrected chi connectivity index (χ3v) is 2.63. The average molecular weight is 282 g/mol. The lowest BCUT2D eigenvalue weighted by molar-refractivity contribution is 0.102. The van der Waals surface area contributed by atoms with Gasteiger partial charge in [0.15, 0.2) is 0 Å². The first-order chi connectivity index (χ1) is 10.2. The zero-order valence-electron chi connectivity index (χ0n) is 11.2. The van der Waals surface area contributed by atoms with Crippen molar-refractivity contribution >= 4 is 11.6 Å². The first kappa shape index (κ1) is 14.6. The lowest BCUT2D eigenvalue weighted by atomic mass is 10.2. The average Bonchev–Trinajstić information content (AvgIpc) is 2.48. The molecule has 0 bridgehead atoms. The molecule has 2 rings (SSSR count). The first-order valence-corrected chi connectivity index (χ1v) is 6.35. The minimum atomic E-state index is -0.421. The number of carbonyl (C=O) groups is 1. The van der Waals surface area contributed by atoms with Crippen molar-refractivity contribution in [2.45, 2.75) is 6.42 Å². The van der Waals surface area contributed by atoms with Crippen LogP contribution < -0.4 is 5.32 Å². The number of benzene rings is 1.